The maximum atomic E-state index is 13.5. The molecule has 1 aliphatic carbocycles. The number of ketones is 1. The van der Waals surface area contributed by atoms with E-state index in [4.69, 9.17) is 9.47 Å². The average Bonchev–Trinajstić information content (AvgIpc) is 3.22. The van der Waals surface area contributed by atoms with Gasteiger partial charge in [0.05, 0.1) is 43.0 Å². The number of rotatable bonds is 7. The number of hydrogen-bond acceptors (Lipinski definition) is 9. The van der Waals surface area contributed by atoms with Gasteiger partial charge in [-0.25, -0.2) is 0 Å². The minimum absolute atomic E-state index is 0.0399. The molecule has 0 bridgehead atoms. The summed E-state index contributed by atoms with van der Waals surface area (Å²) in [4.78, 5) is 39.5. The van der Waals surface area contributed by atoms with Gasteiger partial charge in [-0.1, -0.05) is 13.0 Å². The number of carbonyl (C=O) groups is 2. The Balaban J connectivity index is 1.16. The lowest BCUT2D eigenvalue weighted by Crippen LogP contribution is -2.36. The largest absolute Gasteiger partial charge is 0.490 e. The zero-order chi connectivity index (χ0) is 30.8. The maximum Gasteiger partial charge on any atom is 0.310 e. The molecule has 2 heterocycles. The van der Waals surface area contributed by atoms with Crippen LogP contribution in [0.1, 0.15) is 18.1 Å². The lowest BCUT2D eigenvalue weighted by atomic mass is 9.82. The van der Waals surface area contributed by atoms with Crippen molar-refractivity contribution in [2.45, 2.75) is 13.3 Å². The van der Waals surface area contributed by atoms with Gasteiger partial charge in [-0.05, 0) is 71.3 Å². The van der Waals surface area contributed by atoms with Crippen LogP contribution in [0.2, 0.25) is 0 Å². The van der Waals surface area contributed by atoms with E-state index in [2.05, 4.69) is 20.9 Å². The molecule has 44 heavy (non-hydrogen) atoms. The number of Topliss-reactive ketones (excluding diaryl/α,β-unsaturated/α-hetero) is 1. The number of methoxy groups -OCH3 is 1. The quantitative estimate of drug-likeness (QED) is 0.254. The highest BCUT2D eigenvalue weighted by molar-refractivity contribution is 6.09. The van der Waals surface area contributed by atoms with E-state index >= 15 is 0 Å². The molecular weight excluding hydrogens is 562 g/mol. The number of nitrogens with zero attached hydrogens (tertiary/aromatic N) is 2. The highest BCUT2D eigenvalue weighted by atomic mass is 16.6. The van der Waals surface area contributed by atoms with Gasteiger partial charge in [0.25, 0.3) is 0 Å². The van der Waals surface area contributed by atoms with E-state index in [0.717, 1.165) is 47.0 Å². The summed E-state index contributed by atoms with van der Waals surface area (Å²) in [6, 6.07) is 18.2. The highest BCUT2D eigenvalue weighted by Gasteiger charge is 2.32. The molecule has 0 radical (unpaired) electrons. The number of anilines is 4. The number of nitro benzene ring substituents is 1. The van der Waals surface area contributed by atoms with Gasteiger partial charge in [0.15, 0.2) is 11.5 Å². The van der Waals surface area contributed by atoms with Crippen LogP contribution in [-0.2, 0) is 20.7 Å². The van der Waals surface area contributed by atoms with E-state index in [9.17, 15) is 19.7 Å². The molecule has 3 aromatic carbocycles. The SMILES string of the molecule is COc1cc(C2=CC3=C(CNc4cc(CC(=O)Nc5ccc(N6CCOCC6)cc5)ccc4N3)C(=O)C2C)ccc1[N+](=O)[O-]. The van der Waals surface area contributed by atoms with Crippen LogP contribution in [0.25, 0.3) is 5.57 Å². The third-order valence-corrected chi connectivity index (χ3v) is 8.19. The molecule has 1 fully saturated rings. The highest BCUT2D eigenvalue weighted by Crippen LogP contribution is 2.39. The second-order valence-corrected chi connectivity index (χ2v) is 11.0. The van der Waals surface area contributed by atoms with E-state index in [0.29, 0.717) is 36.6 Å². The van der Waals surface area contributed by atoms with Crippen molar-refractivity contribution in [1.82, 2.24) is 0 Å². The summed E-state index contributed by atoms with van der Waals surface area (Å²) in [6.07, 6.45) is 2.11. The number of ether oxygens (including phenoxy) is 2. The number of carbonyl (C=O) groups excluding carboxylic acids is 2. The summed E-state index contributed by atoms with van der Waals surface area (Å²) < 4.78 is 10.7. The molecule has 6 rings (SSSR count). The third-order valence-electron chi connectivity index (χ3n) is 8.19. The molecule has 3 N–H and O–H groups in total. The topological polar surface area (TPSA) is 135 Å². The molecule has 0 saturated carbocycles. The molecule has 0 aromatic heterocycles. The normalized spacial score (nSPS) is 17.8. The van der Waals surface area contributed by atoms with Crippen LogP contribution in [0.5, 0.6) is 5.75 Å². The van der Waals surface area contributed by atoms with Crippen molar-refractivity contribution >= 4 is 45.7 Å². The van der Waals surface area contributed by atoms with Gasteiger partial charge < -0.3 is 30.3 Å². The summed E-state index contributed by atoms with van der Waals surface area (Å²) in [7, 11) is 1.38. The number of benzene rings is 3. The Morgan fingerprint density at radius 3 is 2.59 bits per heavy atom. The van der Waals surface area contributed by atoms with Gasteiger partial charge in [-0.15, -0.1) is 0 Å². The Hall–Kier alpha value is -5.16. The van der Waals surface area contributed by atoms with E-state index in [-0.39, 0.29) is 29.5 Å². The number of hydrogen-bond donors (Lipinski definition) is 3. The van der Waals surface area contributed by atoms with E-state index < -0.39 is 10.8 Å². The second kappa shape index (κ2) is 12.2. The van der Waals surface area contributed by atoms with E-state index in [1.54, 1.807) is 12.1 Å². The standard InChI is InChI=1S/C33H33N5O6/c1-20-25(22-4-10-30(38(41)42)31(17-22)43-2)18-28-26(33(20)40)19-34-29-15-21(3-9-27(29)36-28)16-32(39)35-23-5-7-24(8-6-23)37-11-13-44-14-12-37/h3-10,15,17-18,20,34,36H,11-14,16,19H2,1-2H3,(H,35,39). The Labute approximate surface area is 254 Å². The van der Waals surface area contributed by atoms with Gasteiger partial charge >= 0.3 is 5.69 Å². The summed E-state index contributed by atoms with van der Waals surface area (Å²) in [5.74, 6) is -0.484. The number of nitrogens with one attached hydrogen (secondary N) is 3. The molecule has 0 spiro atoms. The van der Waals surface area contributed by atoms with Crippen LogP contribution in [0, 0.1) is 16.0 Å². The Morgan fingerprint density at radius 2 is 1.86 bits per heavy atom. The summed E-state index contributed by atoms with van der Waals surface area (Å²) in [5.41, 5.74) is 6.79. The molecule has 1 atom stereocenters. The predicted molar refractivity (Wildman–Crippen MR) is 169 cm³/mol. The fraction of sp³-hybridized carbons (Fsp3) is 0.273. The Morgan fingerprint density at radius 1 is 1.09 bits per heavy atom. The summed E-state index contributed by atoms with van der Waals surface area (Å²) in [5, 5.41) is 21.1. The summed E-state index contributed by atoms with van der Waals surface area (Å²) >= 11 is 0. The summed E-state index contributed by atoms with van der Waals surface area (Å²) in [6.45, 7) is 5.28. The first-order chi connectivity index (χ1) is 21.3. The number of morpholine rings is 1. The molecule has 3 aromatic rings. The van der Waals surface area contributed by atoms with Crippen molar-refractivity contribution in [1.29, 1.82) is 0 Å². The van der Waals surface area contributed by atoms with Crippen molar-refractivity contribution in [3.8, 4) is 5.75 Å². The van der Waals surface area contributed by atoms with Crippen LogP contribution in [0.4, 0.5) is 28.4 Å². The van der Waals surface area contributed by atoms with Gasteiger partial charge in [-0.3, -0.25) is 19.7 Å². The number of fused-ring (bicyclic) bond motifs is 1. The van der Waals surface area contributed by atoms with Crippen molar-refractivity contribution in [3.63, 3.8) is 0 Å². The van der Waals surface area contributed by atoms with Gasteiger partial charge in [0.1, 0.15) is 0 Å². The average molecular weight is 596 g/mol. The van der Waals surface area contributed by atoms with Crippen molar-refractivity contribution < 1.29 is 24.0 Å². The van der Waals surface area contributed by atoms with Crippen molar-refractivity contribution in [2.24, 2.45) is 5.92 Å². The van der Waals surface area contributed by atoms with Crippen LogP contribution in [0.3, 0.4) is 0 Å². The predicted octanol–water partition coefficient (Wildman–Crippen LogP) is 5.02. The van der Waals surface area contributed by atoms with E-state index in [1.165, 1.54) is 13.2 Å². The minimum Gasteiger partial charge on any atom is -0.490 e. The first-order valence-corrected chi connectivity index (χ1v) is 14.5. The number of nitro groups is 1. The van der Waals surface area contributed by atoms with Gasteiger partial charge in [0, 0.05) is 54.3 Å². The molecule has 3 aliphatic rings. The monoisotopic (exact) mass is 595 g/mol. The fourth-order valence-electron chi connectivity index (χ4n) is 5.79. The van der Waals surface area contributed by atoms with Crippen LogP contribution in [0.15, 0.2) is 78.0 Å². The zero-order valence-electron chi connectivity index (χ0n) is 24.5. The third kappa shape index (κ3) is 5.86. The van der Waals surface area contributed by atoms with Crippen LogP contribution < -0.4 is 25.6 Å². The minimum atomic E-state index is -0.496. The molecule has 11 heteroatoms. The molecule has 11 nitrogen and oxygen atoms in total. The molecular formula is C33H33N5O6. The number of amides is 1. The fourth-order valence-corrected chi connectivity index (χ4v) is 5.79. The molecule has 1 saturated heterocycles. The second-order valence-electron chi connectivity index (χ2n) is 11.0. The number of allylic oxidation sites excluding steroid dienone is 2. The lowest BCUT2D eigenvalue weighted by Gasteiger charge is -2.28. The molecule has 226 valence electrons. The first kappa shape index (κ1) is 28.9. The van der Waals surface area contributed by atoms with Crippen LogP contribution >= 0.6 is 0 Å². The molecule has 2 aliphatic heterocycles. The first-order valence-electron chi connectivity index (χ1n) is 14.5. The smallest absolute Gasteiger partial charge is 0.310 e. The van der Waals surface area contributed by atoms with Crippen molar-refractivity contribution in [2.75, 3.05) is 60.8 Å². The van der Waals surface area contributed by atoms with Crippen LogP contribution in [-0.4, -0.2) is 56.6 Å². The lowest BCUT2D eigenvalue weighted by molar-refractivity contribution is -0.385. The molecule has 1 amide bonds. The van der Waals surface area contributed by atoms with Gasteiger partial charge in [-0.2, -0.15) is 0 Å². The van der Waals surface area contributed by atoms with E-state index in [1.807, 2.05) is 55.5 Å². The Bertz CT molecular complexity index is 1690. The Kier molecular flexibility index (Phi) is 8.03. The van der Waals surface area contributed by atoms with Crippen molar-refractivity contribution in [3.05, 3.63) is 99.3 Å². The zero-order valence-corrected chi connectivity index (χ0v) is 24.5. The maximum absolute atomic E-state index is 13.5. The molecule has 1 unspecified atom stereocenters. The van der Waals surface area contributed by atoms with Gasteiger partial charge in [0.2, 0.25) is 5.91 Å².